The summed E-state index contributed by atoms with van der Waals surface area (Å²) in [5.74, 6) is -0.336. The molecule has 0 heterocycles. The van der Waals surface area contributed by atoms with Gasteiger partial charge < -0.3 is 9.94 Å². The first-order valence-electron chi connectivity index (χ1n) is 3.82. The minimum Gasteiger partial charge on any atom is -0.411 e. The summed E-state index contributed by atoms with van der Waals surface area (Å²) in [5, 5.41) is 11.2. The van der Waals surface area contributed by atoms with E-state index in [4.69, 9.17) is 5.21 Å². The van der Waals surface area contributed by atoms with Crippen LogP contribution in [0.4, 0.5) is 13.2 Å². The van der Waals surface area contributed by atoms with Crippen molar-refractivity contribution in [1.82, 2.24) is 0 Å². The molecule has 0 atom stereocenters. The van der Waals surface area contributed by atoms with Gasteiger partial charge >= 0.3 is 6.36 Å². The Morgan fingerprint density at radius 1 is 1.27 bits per heavy atom. The number of halogens is 3. The van der Waals surface area contributed by atoms with E-state index in [0.29, 0.717) is 5.56 Å². The SMILES string of the molecule is [CH2]C(=NO)c1ccc(OC(F)(F)F)cc1. The van der Waals surface area contributed by atoms with Gasteiger partial charge in [0.2, 0.25) is 0 Å². The molecule has 0 aliphatic rings. The molecular formula is C9H7F3NO2. The lowest BCUT2D eigenvalue weighted by Crippen LogP contribution is -2.17. The van der Waals surface area contributed by atoms with Crippen LogP contribution in [0, 0.1) is 6.92 Å². The highest BCUT2D eigenvalue weighted by molar-refractivity contribution is 6.03. The first-order chi connectivity index (χ1) is 6.92. The van der Waals surface area contributed by atoms with Gasteiger partial charge in [-0.25, -0.2) is 0 Å². The zero-order valence-electron chi connectivity index (χ0n) is 7.45. The lowest BCUT2D eigenvalue weighted by atomic mass is 10.1. The summed E-state index contributed by atoms with van der Waals surface area (Å²) in [6.07, 6.45) is -4.71. The fourth-order valence-corrected chi connectivity index (χ4v) is 0.907. The third-order valence-electron chi connectivity index (χ3n) is 1.54. The molecular weight excluding hydrogens is 211 g/mol. The third kappa shape index (κ3) is 3.49. The summed E-state index contributed by atoms with van der Waals surface area (Å²) in [6, 6.07) is 4.84. The average molecular weight is 218 g/mol. The normalized spacial score (nSPS) is 12.7. The molecule has 15 heavy (non-hydrogen) atoms. The Balaban J connectivity index is 2.82. The Morgan fingerprint density at radius 3 is 2.20 bits per heavy atom. The van der Waals surface area contributed by atoms with E-state index in [1.54, 1.807) is 0 Å². The number of hydrogen-bond acceptors (Lipinski definition) is 3. The number of benzene rings is 1. The zero-order chi connectivity index (χ0) is 11.5. The summed E-state index contributed by atoms with van der Waals surface area (Å²) in [7, 11) is 0. The Morgan fingerprint density at radius 2 is 1.80 bits per heavy atom. The van der Waals surface area contributed by atoms with E-state index < -0.39 is 6.36 Å². The Bertz CT molecular complexity index is 357. The van der Waals surface area contributed by atoms with Crippen LogP contribution in [0.1, 0.15) is 5.56 Å². The van der Waals surface area contributed by atoms with E-state index in [9.17, 15) is 13.2 Å². The lowest BCUT2D eigenvalue weighted by molar-refractivity contribution is -0.274. The topological polar surface area (TPSA) is 41.8 Å². The summed E-state index contributed by atoms with van der Waals surface area (Å²) in [6.45, 7) is 3.37. The van der Waals surface area contributed by atoms with E-state index in [1.165, 1.54) is 12.1 Å². The second-order valence-corrected chi connectivity index (χ2v) is 2.62. The highest BCUT2D eigenvalue weighted by Gasteiger charge is 2.30. The van der Waals surface area contributed by atoms with Crippen LogP contribution in [0.15, 0.2) is 29.4 Å². The number of rotatable bonds is 2. The monoisotopic (exact) mass is 218 g/mol. The van der Waals surface area contributed by atoms with E-state index >= 15 is 0 Å². The first-order valence-corrected chi connectivity index (χ1v) is 3.82. The number of ether oxygens (including phenoxy) is 1. The van der Waals surface area contributed by atoms with Crippen molar-refractivity contribution < 1.29 is 23.1 Å². The van der Waals surface area contributed by atoms with Gasteiger partial charge in [0.05, 0.1) is 5.71 Å². The van der Waals surface area contributed by atoms with E-state index in [0.717, 1.165) is 12.1 Å². The van der Waals surface area contributed by atoms with E-state index in [2.05, 4.69) is 16.8 Å². The van der Waals surface area contributed by atoms with Crippen molar-refractivity contribution in [1.29, 1.82) is 0 Å². The summed E-state index contributed by atoms with van der Waals surface area (Å²) in [5.41, 5.74) is 0.473. The van der Waals surface area contributed by atoms with Gasteiger partial charge in [0.25, 0.3) is 0 Å². The fourth-order valence-electron chi connectivity index (χ4n) is 0.907. The molecule has 0 aliphatic heterocycles. The molecule has 0 unspecified atom stereocenters. The first kappa shape index (κ1) is 11.4. The van der Waals surface area contributed by atoms with Gasteiger partial charge in [-0.15, -0.1) is 13.2 Å². The molecule has 1 aromatic rings. The predicted molar refractivity (Wildman–Crippen MR) is 46.8 cm³/mol. The third-order valence-corrected chi connectivity index (χ3v) is 1.54. The number of hydrogen-bond donors (Lipinski definition) is 1. The average Bonchev–Trinajstić information content (AvgIpc) is 2.15. The van der Waals surface area contributed by atoms with Crippen LogP contribution in [0.2, 0.25) is 0 Å². The number of nitrogens with zero attached hydrogens (tertiary/aromatic N) is 1. The summed E-state index contributed by atoms with van der Waals surface area (Å²) >= 11 is 0. The fraction of sp³-hybridized carbons (Fsp3) is 0.111. The van der Waals surface area contributed by atoms with Crippen molar-refractivity contribution in [2.45, 2.75) is 6.36 Å². The molecule has 6 heteroatoms. The van der Waals surface area contributed by atoms with Crippen molar-refractivity contribution in [2.24, 2.45) is 5.16 Å². The van der Waals surface area contributed by atoms with Crippen molar-refractivity contribution in [2.75, 3.05) is 0 Å². The summed E-state index contributed by atoms with van der Waals surface area (Å²) < 4.78 is 39.0. The van der Waals surface area contributed by atoms with Crippen molar-refractivity contribution in [3.05, 3.63) is 36.8 Å². The maximum Gasteiger partial charge on any atom is 0.573 e. The van der Waals surface area contributed by atoms with Gasteiger partial charge in [-0.05, 0) is 36.8 Å². The quantitative estimate of drug-likeness (QED) is 0.471. The maximum absolute atomic E-state index is 11.8. The molecule has 1 rings (SSSR count). The molecule has 1 aromatic carbocycles. The van der Waals surface area contributed by atoms with E-state index in [1.807, 2.05) is 0 Å². The molecule has 0 saturated carbocycles. The smallest absolute Gasteiger partial charge is 0.411 e. The second-order valence-electron chi connectivity index (χ2n) is 2.62. The summed E-state index contributed by atoms with van der Waals surface area (Å²) in [4.78, 5) is 0. The maximum atomic E-state index is 11.8. The lowest BCUT2D eigenvalue weighted by Gasteiger charge is -2.08. The Kier molecular flexibility index (Phi) is 3.18. The van der Waals surface area contributed by atoms with Gasteiger partial charge in [0.1, 0.15) is 5.75 Å². The standard InChI is InChI=1S/C9H7F3NO2/c1-6(13-14)7-2-4-8(5-3-7)15-9(10,11)12/h2-5,14H,1H2. The van der Waals surface area contributed by atoms with Crippen molar-refractivity contribution >= 4 is 5.71 Å². The van der Waals surface area contributed by atoms with Gasteiger partial charge in [0, 0.05) is 0 Å². The van der Waals surface area contributed by atoms with E-state index in [-0.39, 0.29) is 11.5 Å². The molecule has 3 nitrogen and oxygen atoms in total. The van der Waals surface area contributed by atoms with Crippen molar-refractivity contribution in [3.63, 3.8) is 0 Å². The molecule has 1 radical (unpaired) electrons. The largest absolute Gasteiger partial charge is 0.573 e. The highest BCUT2D eigenvalue weighted by Crippen LogP contribution is 2.22. The molecule has 0 aliphatic carbocycles. The molecule has 0 spiro atoms. The number of oxime groups is 1. The molecule has 0 bridgehead atoms. The minimum absolute atomic E-state index is 0.0635. The highest BCUT2D eigenvalue weighted by atomic mass is 19.4. The predicted octanol–water partition coefficient (Wildman–Crippen LogP) is 2.60. The molecule has 0 fully saturated rings. The van der Waals surface area contributed by atoms with Crippen LogP contribution in [-0.2, 0) is 0 Å². The molecule has 0 saturated heterocycles. The van der Waals surface area contributed by atoms with Crippen LogP contribution in [-0.4, -0.2) is 17.3 Å². The molecule has 81 valence electrons. The van der Waals surface area contributed by atoms with Gasteiger partial charge in [-0.3, -0.25) is 0 Å². The van der Waals surface area contributed by atoms with Crippen LogP contribution < -0.4 is 4.74 Å². The van der Waals surface area contributed by atoms with Crippen LogP contribution in [0.25, 0.3) is 0 Å². The molecule has 0 aromatic heterocycles. The van der Waals surface area contributed by atoms with Gasteiger partial charge in [0.15, 0.2) is 0 Å². The molecule has 1 N–H and O–H groups in total. The second kappa shape index (κ2) is 4.20. The van der Waals surface area contributed by atoms with Crippen LogP contribution in [0.5, 0.6) is 5.75 Å². The number of alkyl halides is 3. The minimum atomic E-state index is -4.71. The van der Waals surface area contributed by atoms with Crippen LogP contribution in [0.3, 0.4) is 0 Å². The van der Waals surface area contributed by atoms with Crippen LogP contribution >= 0.6 is 0 Å². The van der Waals surface area contributed by atoms with Crippen molar-refractivity contribution in [3.8, 4) is 5.75 Å². The molecule has 0 amide bonds. The Hall–Kier alpha value is -1.72. The zero-order valence-corrected chi connectivity index (χ0v) is 7.45. The van der Waals surface area contributed by atoms with Gasteiger partial charge in [-0.2, -0.15) is 0 Å². The van der Waals surface area contributed by atoms with Gasteiger partial charge in [-0.1, -0.05) is 5.16 Å². The Labute approximate surface area is 83.8 Å².